The SMILES string of the molecule is Cc1cc(C#N)nc(N(C)C(C)c2ccccc2F)n1. The number of benzene rings is 1. The van der Waals surface area contributed by atoms with Crippen LogP contribution in [0.2, 0.25) is 0 Å². The maximum Gasteiger partial charge on any atom is 0.227 e. The van der Waals surface area contributed by atoms with E-state index in [-0.39, 0.29) is 11.9 Å². The van der Waals surface area contributed by atoms with Crippen molar-refractivity contribution in [2.45, 2.75) is 19.9 Å². The van der Waals surface area contributed by atoms with E-state index in [2.05, 4.69) is 9.97 Å². The summed E-state index contributed by atoms with van der Waals surface area (Å²) in [4.78, 5) is 10.2. The van der Waals surface area contributed by atoms with Gasteiger partial charge in [0.2, 0.25) is 5.95 Å². The van der Waals surface area contributed by atoms with Crippen LogP contribution >= 0.6 is 0 Å². The fourth-order valence-corrected chi connectivity index (χ4v) is 1.96. The summed E-state index contributed by atoms with van der Waals surface area (Å²) in [6.45, 7) is 3.67. The molecule has 102 valence electrons. The van der Waals surface area contributed by atoms with E-state index in [9.17, 15) is 4.39 Å². The Hall–Kier alpha value is -2.48. The van der Waals surface area contributed by atoms with Crippen molar-refractivity contribution in [3.05, 3.63) is 53.1 Å². The molecule has 0 radical (unpaired) electrons. The number of halogens is 1. The molecule has 20 heavy (non-hydrogen) atoms. The molecule has 2 aromatic rings. The minimum absolute atomic E-state index is 0.232. The Balaban J connectivity index is 2.36. The Morgan fingerprint density at radius 1 is 1.30 bits per heavy atom. The highest BCUT2D eigenvalue weighted by atomic mass is 19.1. The van der Waals surface area contributed by atoms with Crippen molar-refractivity contribution in [3.8, 4) is 6.07 Å². The molecule has 2 rings (SSSR count). The molecule has 1 aromatic heterocycles. The number of nitriles is 1. The summed E-state index contributed by atoms with van der Waals surface area (Å²) in [6.07, 6.45) is 0. The van der Waals surface area contributed by atoms with Gasteiger partial charge in [-0.2, -0.15) is 5.26 Å². The Morgan fingerprint density at radius 2 is 2.00 bits per heavy atom. The zero-order valence-electron chi connectivity index (χ0n) is 11.6. The minimum Gasteiger partial charge on any atom is -0.337 e. The van der Waals surface area contributed by atoms with Gasteiger partial charge in [-0.05, 0) is 26.0 Å². The smallest absolute Gasteiger partial charge is 0.227 e. The molecule has 0 aliphatic carbocycles. The van der Waals surface area contributed by atoms with Crippen molar-refractivity contribution in [2.24, 2.45) is 0 Å². The summed E-state index contributed by atoms with van der Waals surface area (Å²) in [7, 11) is 1.78. The Labute approximate surface area is 117 Å². The molecule has 5 heteroatoms. The van der Waals surface area contributed by atoms with Crippen molar-refractivity contribution in [3.63, 3.8) is 0 Å². The molecule has 0 saturated carbocycles. The van der Waals surface area contributed by atoms with Gasteiger partial charge < -0.3 is 4.90 Å². The molecule has 0 amide bonds. The fraction of sp³-hybridized carbons (Fsp3) is 0.267. The minimum atomic E-state index is -0.264. The molecule has 1 atom stereocenters. The molecule has 1 aromatic carbocycles. The summed E-state index contributed by atoms with van der Waals surface area (Å²) in [6, 6.07) is 9.99. The monoisotopic (exact) mass is 270 g/mol. The molecule has 0 aliphatic heterocycles. The van der Waals surface area contributed by atoms with Crippen molar-refractivity contribution < 1.29 is 4.39 Å². The normalized spacial score (nSPS) is 11.8. The summed E-state index contributed by atoms with van der Waals surface area (Å²) in [5, 5.41) is 8.95. The van der Waals surface area contributed by atoms with Crippen LogP contribution in [-0.4, -0.2) is 17.0 Å². The standard InChI is InChI=1S/C15H15FN4/c1-10-8-12(9-17)19-15(18-10)20(3)11(2)13-6-4-5-7-14(13)16/h4-8,11H,1-3H3. The Morgan fingerprint density at radius 3 is 2.65 bits per heavy atom. The summed E-state index contributed by atoms with van der Waals surface area (Å²) < 4.78 is 13.8. The number of aromatic nitrogens is 2. The molecule has 0 spiro atoms. The number of hydrogen-bond acceptors (Lipinski definition) is 4. The maximum atomic E-state index is 13.8. The van der Waals surface area contributed by atoms with Crippen LogP contribution in [0.4, 0.5) is 10.3 Å². The van der Waals surface area contributed by atoms with Gasteiger partial charge in [0.1, 0.15) is 17.6 Å². The lowest BCUT2D eigenvalue weighted by Crippen LogP contribution is -2.25. The van der Waals surface area contributed by atoms with Crippen LogP contribution in [0, 0.1) is 24.1 Å². The zero-order valence-corrected chi connectivity index (χ0v) is 11.6. The van der Waals surface area contributed by atoms with Gasteiger partial charge >= 0.3 is 0 Å². The van der Waals surface area contributed by atoms with Crippen LogP contribution in [0.5, 0.6) is 0 Å². The van der Waals surface area contributed by atoms with E-state index >= 15 is 0 Å². The third-order valence-electron chi connectivity index (χ3n) is 3.21. The average molecular weight is 270 g/mol. The molecule has 0 saturated heterocycles. The van der Waals surface area contributed by atoms with E-state index in [1.807, 2.05) is 13.0 Å². The molecular formula is C15H15FN4. The van der Waals surface area contributed by atoms with Crippen LogP contribution < -0.4 is 4.90 Å². The molecule has 4 nitrogen and oxygen atoms in total. The average Bonchev–Trinajstić information content (AvgIpc) is 2.45. The molecule has 0 N–H and O–H groups in total. The molecule has 1 unspecified atom stereocenters. The summed E-state index contributed by atoms with van der Waals surface area (Å²) in [5.74, 6) is 0.150. The van der Waals surface area contributed by atoms with Gasteiger partial charge in [-0.3, -0.25) is 0 Å². The van der Waals surface area contributed by atoms with Crippen LogP contribution in [0.1, 0.15) is 29.9 Å². The molecule has 0 fully saturated rings. The van der Waals surface area contributed by atoms with Crippen molar-refractivity contribution in [2.75, 3.05) is 11.9 Å². The van der Waals surface area contributed by atoms with Crippen LogP contribution in [-0.2, 0) is 0 Å². The number of anilines is 1. The lowest BCUT2D eigenvalue weighted by atomic mass is 10.1. The van der Waals surface area contributed by atoms with Gasteiger partial charge in [0, 0.05) is 18.3 Å². The third-order valence-corrected chi connectivity index (χ3v) is 3.21. The first kappa shape index (κ1) is 13.9. The highest BCUT2D eigenvalue weighted by Gasteiger charge is 2.18. The topological polar surface area (TPSA) is 52.8 Å². The second-order valence-electron chi connectivity index (χ2n) is 4.61. The first-order chi connectivity index (χ1) is 9.52. The molecular weight excluding hydrogens is 255 g/mol. The zero-order chi connectivity index (χ0) is 14.7. The highest BCUT2D eigenvalue weighted by molar-refractivity contribution is 5.39. The number of aryl methyl sites for hydroxylation is 1. The van der Waals surface area contributed by atoms with Crippen LogP contribution in [0.3, 0.4) is 0 Å². The fourth-order valence-electron chi connectivity index (χ4n) is 1.96. The Kier molecular flexibility index (Phi) is 3.94. The van der Waals surface area contributed by atoms with Gasteiger partial charge in [0.25, 0.3) is 0 Å². The van der Waals surface area contributed by atoms with Gasteiger partial charge in [-0.25, -0.2) is 14.4 Å². The lowest BCUT2D eigenvalue weighted by Gasteiger charge is -2.25. The van der Waals surface area contributed by atoms with Crippen molar-refractivity contribution in [1.29, 1.82) is 5.26 Å². The van der Waals surface area contributed by atoms with Crippen LogP contribution in [0.25, 0.3) is 0 Å². The predicted octanol–water partition coefficient (Wildman–Crippen LogP) is 2.99. The summed E-state index contributed by atoms with van der Waals surface area (Å²) in [5.41, 5.74) is 1.58. The quantitative estimate of drug-likeness (QED) is 0.860. The van der Waals surface area contributed by atoms with Gasteiger partial charge in [-0.15, -0.1) is 0 Å². The Bertz CT molecular complexity index is 663. The van der Waals surface area contributed by atoms with E-state index in [0.717, 1.165) is 0 Å². The summed E-state index contributed by atoms with van der Waals surface area (Å²) >= 11 is 0. The third kappa shape index (κ3) is 2.75. The van der Waals surface area contributed by atoms with Crippen molar-refractivity contribution in [1.82, 2.24) is 9.97 Å². The first-order valence-electron chi connectivity index (χ1n) is 6.26. The van der Waals surface area contributed by atoms with E-state index in [4.69, 9.17) is 5.26 Å². The van der Waals surface area contributed by atoms with Crippen molar-refractivity contribution >= 4 is 5.95 Å². The van der Waals surface area contributed by atoms with Gasteiger partial charge in [-0.1, -0.05) is 18.2 Å². The van der Waals surface area contributed by atoms with E-state index in [1.54, 1.807) is 43.1 Å². The highest BCUT2D eigenvalue weighted by Crippen LogP contribution is 2.24. The van der Waals surface area contributed by atoms with Gasteiger partial charge in [0.05, 0.1) is 6.04 Å². The second kappa shape index (κ2) is 5.66. The predicted molar refractivity (Wildman–Crippen MR) is 74.7 cm³/mol. The number of rotatable bonds is 3. The lowest BCUT2D eigenvalue weighted by molar-refractivity contribution is 0.582. The largest absolute Gasteiger partial charge is 0.337 e. The van der Waals surface area contributed by atoms with E-state index in [1.165, 1.54) is 6.07 Å². The molecule has 0 bridgehead atoms. The van der Waals surface area contributed by atoms with Crippen LogP contribution in [0.15, 0.2) is 30.3 Å². The molecule has 0 aliphatic rings. The van der Waals surface area contributed by atoms with E-state index < -0.39 is 0 Å². The second-order valence-corrected chi connectivity index (χ2v) is 4.61. The maximum absolute atomic E-state index is 13.8. The van der Waals surface area contributed by atoms with Gasteiger partial charge in [0.15, 0.2) is 0 Å². The first-order valence-corrected chi connectivity index (χ1v) is 6.26. The number of nitrogens with zero attached hydrogens (tertiary/aromatic N) is 4. The number of hydrogen-bond donors (Lipinski definition) is 0. The molecule has 1 heterocycles. The van der Waals surface area contributed by atoms with E-state index in [0.29, 0.717) is 22.9 Å².